The number of benzene rings is 1. The normalized spacial score (nSPS) is 11.7. The van der Waals surface area contributed by atoms with Gasteiger partial charge in [-0.2, -0.15) is 0 Å². The molecule has 0 amide bonds. The van der Waals surface area contributed by atoms with Crippen molar-refractivity contribution in [3.63, 3.8) is 0 Å². The summed E-state index contributed by atoms with van der Waals surface area (Å²) in [5.41, 5.74) is 0.734. The Morgan fingerprint density at radius 2 is 1.74 bits per heavy atom. The molecule has 0 fully saturated rings. The summed E-state index contributed by atoms with van der Waals surface area (Å²) in [4.78, 5) is 4.36. The van der Waals surface area contributed by atoms with Gasteiger partial charge in [0.2, 0.25) is 0 Å². The van der Waals surface area contributed by atoms with Gasteiger partial charge in [-0.15, -0.1) is 13.2 Å². The van der Waals surface area contributed by atoms with Crippen LogP contribution in [0.5, 0.6) is 5.75 Å². The minimum atomic E-state index is -4.67. The van der Waals surface area contributed by atoms with E-state index < -0.39 is 6.36 Å². The summed E-state index contributed by atoms with van der Waals surface area (Å²) in [6.45, 7) is 0. The molecule has 0 aliphatic carbocycles. The van der Waals surface area contributed by atoms with E-state index >= 15 is 0 Å². The summed E-state index contributed by atoms with van der Waals surface area (Å²) in [5, 5.41) is 0. The Hall–Kier alpha value is -0.520. The molecule has 1 aromatic heterocycles. The lowest BCUT2D eigenvalue weighted by atomic mass is 10.2. The summed E-state index contributed by atoms with van der Waals surface area (Å²) in [7, 11) is 1.85. The van der Waals surface area contributed by atoms with Crippen LogP contribution in [0.3, 0.4) is 0 Å². The molecule has 0 bridgehead atoms. The Morgan fingerprint density at radius 3 is 2.16 bits per heavy atom. The molecule has 0 aliphatic rings. The second-order valence-corrected chi connectivity index (χ2v) is 5.69. The monoisotopic (exact) mass is 494 g/mol. The van der Waals surface area contributed by atoms with Crippen molar-refractivity contribution in [3.8, 4) is 17.1 Å². The minimum absolute atomic E-state index is 0.241. The van der Waals surface area contributed by atoms with Gasteiger partial charge in [-0.1, -0.05) is 0 Å². The Labute approximate surface area is 134 Å². The molecule has 0 aliphatic heterocycles. The van der Waals surface area contributed by atoms with Crippen LogP contribution in [0.4, 0.5) is 13.2 Å². The molecule has 0 radical (unpaired) electrons. The lowest BCUT2D eigenvalue weighted by Crippen LogP contribution is -2.16. The first-order valence-electron chi connectivity index (χ1n) is 5.02. The van der Waals surface area contributed by atoms with E-state index in [1.807, 2.05) is 11.6 Å². The Balaban J connectivity index is 2.30. The van der Waals surface area contributed by atoms with Gasteiger partial charge >= 0.3 is 6.36 Å². The fourth-order valence-corrected chi connectivity index (χ4v) is 2.45. The first kappa shape index (κ1) is 14.9. The van der Waals surface area contributed by atoms with E-state index in [1.54, 1.807) is 12.1 Å². The standard InChI is InChI=1S/C11H7F3I2N2O/c1-18-9(16)8(15)17-10(18)6-2-4-7(5-3-6)19-11(12,13)14/h2-5H,1H3. The van der Waals surface area contributed by atoms with E-state index in [0.29, 0.717) is 5.82 Å². The fraction of sp³-hybridized carbons (Fsp3) is 0.182. The molecular formula is C11H7F3I2N2O. The molecule has 1 heterocycles. The topological polar surface area (TPSA) is 27.1 Å². The molecule has 3 nitrogen and oxygen atoms in total. The number of halogens is 5. The highest BCUT2D eigenvalue weighted by Crippen LogP contribution is 2.27. The van der Waals surface area contributed by atoms with Gasteiger partial charge in [-0.3, -0.25) is 0 Å². The number of imidazole rings is 1. The molecular weight excluding hydrogens is 487 g/mol. The zero-order valence-electron chi connectivity index (χ0n) is 9.50. The first-order valence-corrected chi connectivity index (χ1v) is 7.17. The maximum Gasteiger partial charge on any atom is 0.573 e. The predicted octanol–water partition coefficient (Wildman–Crippen LogP) is 4.19. The molecule has 0 saturated heterocycles. The van der Waals surface area contributed by atoms with Crippen LogP contribution < -0.4 is 4.74 Å². The Bertz CT molecular complexity index is 593. The smallest absolute Gasteiger partial charge is 0.406 e. The van der Waals surface area contributed by atoms with Gasteiger partial charge in [0, 0.05) is 12.6 Å². The van der Waals surface area contributed by atoms with Crippen LogP contribution in [0.1, 0.15) is 0 Å². The van der Waals surface area contributed by atoms with E-state index in [-0.39, 0.29) is 5.75 Å². The third kappa shape index (κ3) is 3.52. The molecule has 1 aromatic carbocycles. The number of alkyl halides is 3. The largest absolute Gasteiger partial charge is 0.573 e. The first-order chi connectivity index (χ1) is 8.78. The summed E-state index contributed by atoms with van der Waals surface area (Å²) < 4.78 is 43.7. The van der Waals surface area contributed by atoms with Gasteiger partial charge in [0.1, 0.15) is 19.0 Å². The van der Waals surface area contributed by atoms with E-state index in [4.69, 9.17) is 0 Å². The lowest BCUT2D eigenvalue weighted by Gasteiger charge is -2.09. The molecule has 0 unspecified atom stereocenters. The SMILES string of the molecule is Cn1c(-c2ccc(OC(F)(F)F)cc2)nc(I)c1I. The number of rotatable bonds is 2. The molecule has 19 heavy (non-hydrogen) atoms. The van der Waals surface area contributed by atoms with Crippen molar-refractivity contribution in [2.75, 3.05) is 0 Å². The number of aromatic nitrogens is 2. The van der Waals surface area contributed by atoms with E-state index in [0.717, 1.165) is 13.0 Å². The van der Waals surface area contributed by atoms with E-state index in [2.05, 4.69) is 54.9 Å². The second-order valence-electron chi connectivity index (χ2n) is 3.65. The molecule has 0 N–H and O–H groups in total. The van der Waals surface area contributed by atoms with Crippen molar-refractivity contribution < 1.29 is 17.9 Å². The lowest BCUT2D eigenvalue weighted by molar-refractivity contribution is -0.274. The van der Waals surface area contributed by atoms with Crippen LogP contribution in [-0.4, -0.2) is 15.9 Å². The zero-order valence-corrected chi connectivity index (χ0v) is 13.8. The quantitative estimate of drug-likeness (QED) is 0.586. The third-order valence-corrected chi connectivity index (χ3v) is 5.35. The number of ether oxygens (including phenoxy) is 1. The van der Waals surface area contributed by atoms with Crippen LogP contribution >= 0.6 is 45.2 Å². The molecule has 8 heteroatoms. The van der Waals surface area contributed by atoms with Crippen LogP contribution in [0.2, 0.25) is 0 Å². The van der Waals surface area contributed by atoms with Gasteiger partial charge in [-0.25, -0.2) is 4.98 Å². The van der Waals surface area contributed by atoms with Gasteiger partial charge in [0.05, 0.1) is 0 Å². The zero-order chi connectivity index (χ0) is 14.2. The van der Waals surface area contributed by atoms with Crippen molar-refractivity contribution in [2.24, 2.45) is 7.05 Å². The molecule has 2 rings (SSSR count). The molecule has 0 atom stereocenters. The molecule has 0 saturated carbocycles. The number of nitrogens with zero attached hydrogens (tertiary/aromatic N) is 2. The highest BCUT2D eigenvalue weighted by Gasteiger charge is 2.31. The predicted molar refractivity (Wildman–Crippen MR) is 80.8 cm³/mol. The average molecular weight is 494 g/mol. The highest BCUT2D eigenvalue weighted by molar-refractivity contribution is 14.1. The molecule has 102 valence electrons. The number of hydrogen-bond acceptors (Lipinski definition) is 2. The maximum absolute atomic E-state index is 12.0. The van der Waals surface area contributed by atoms with Crippen molar-refractivity contribution in [3.05, 3.63) is 31.7 Å². The second kappa shape index (κ2) is 5.46. The molecule has 2 aromatic rings. The third-order valence-electron chi connectivity index (χ3n) is 2.33. The van der Waals surface area contributed by atoms with Crippen LogP contribution in [0.15, 0.2) is 24.3 Å². The highest BCUT2D eigenvalue weighted by atomic mass is 127. The summed E-state index contributed by atoms with van der Waals surface area (Å²) in [5.74, 6) is 0.460. The fourth-order valence-electron chi connectivity index (χ4n) is 1.51. The van der Waals surface area contributed by atoms with Crippen LogP contribution in [0, 0.1) is 7.40 Å². The summed E-state index contributed by atoms with van der Waals surface area (Å²) in [6, 6.07) is 5.65. The minimum Gasteiger partial charge on any atom is -0.406 e. The average Bonchev–Trinajstić information content (AvgIpc) is 2.56. The molecule has 0 spiro atoms. The van der Waals surface area contributed by atoms with E-state index in [9.17, 15) is 13.2 Å². The Morgan fingerprint density at radius 1 is 1.16 bits per heavy atom. The maximum atomic E-state index is 12.0. The van der Waals surface area contributed by atoms with Gasteiger partial charge in [0.25, 0.3) is 0 Å². The number of hydrogen-bond donors (Lipinski definition) is 0. The van der Waals surface area contributed by atoms with Crippen molar-refractivity contribution in [1.82, 2.24) is 9.55 Å². The van der Waals surface area contributed by atoms with Crippen molar-refractivity contribution in [1.29, 1.82) is 0 Å². The van der Waals surface area contributed by atoms with Gasteiger partial charge in [0.15, 0.2) is 0 Å². The summed E-state index contributed by atoms with van der Waals surface area (Å²) in [6.07, 6.45) is -4.67. The van der Waals surface area contributed by atoms with Crippen LogP contribution in [-0.2, 0) is 7.05 Å². The van der Waals surface area contributed by atoms with Crippen molar-refractivity contribution >= 4 is 45.2 Å². The van der Waals surface area contributed by atoms with Crippen molar-refractivity contribution in [2.45, 2.75) is 6.36 Å². The van der Waals surface area contributed by atoms with E-state index in [1.165, 1.54) is 12.1 Å². The Kier molecular flexibility index (Phi) is 4.28. The van der Waals surface area contributed by atoms with Gasteiger partial charge < -0.3 is 9.30 Å². The van der Waals surface area contributed by atoms with Gasteiger partial charge in [-0.05, 0) is 69.4 Å². The summed E-state index contributed by atoms with van der Waals surface area (Å²) >= 11 is 4.27. The van der Waals surface area contributed by atoms with Crippen LogP contribution in [0.25, 0.3) is 11.4 Å².